The van der Waals surface area contributed by atoms with Crippen LogP contribution in [0.1, 0.15) is 19.3 Å². The number of alkyl halides is 1. The highest BCUT2D eigenvalue weighted by Gasteiger charge is 2.43. The van der Waals surface area contributed by atoms with Crippen LogP contribution in [0.2, 0.25) is 0 Å². The second kappa shape index (κ2) is 7.03. The lowest BCUT2D eigenvalue weighted by Gasteiger charge is -2.32. The first kappa shape index (κ1) is 17.9. The molecule has 4 atom stereocenters. The van der Waals surface area contributed by atoms with Crippen LogP contribution in [0.3, 0.4) is 0 Å². The minimum Gasteiger partial charge on any atom is -0.507 e. The van der Waals surface area contributed by atoms with Crippen molar-refractivity contribution in [2.24, 2.45) is 0 Å². The first-order chi connectivity index (χ1) is 14.1. The van der Waals surface area contributed by atoms with Crippen LogP contribution in [0.15, 0.2) is 36.8 Å². The van der Waals surface area contributed by atoms with Gasteiger partial charge in [0.25, 0.3) is 5.88 Å². The number of aromatic hydroxyl groups is 1. The normalized spacial score (nSPS) is 25.9. The number of rotatable bonds is 4. The molecule has 2 saturated heterocycles. The Hall–Kier alpha value is -3.14. The van der Waals surface area contributed by atoms with E-state index in [1.807, 2.05) is 0 Å². The lowest BCUT2D eigenvalue weighted by molar-refractivity contribution is 0.0418. The molecule has 29 heavy (non-hydrogen) atoms. The lowest BCUT2D eigenvalue weighted by atomic mass is 10.0. The fourth-order valence-electron chi connectivity index (χ4n) is 3.96. The molecule has 2 unspecified atom stereocenters. The standard InChI is InChI=1S/C19H18F2N6O2/c20-10-7-23-27(9-10)12-2-3-13(15(28)6-12)19-22-8-17(25-26-19)29-16-5-11-1-4-14(24-11)18(16)21/h2-3,6-9,11,14,16,18,24,28H,1,4-5H2/t11?,14?,16-,18+/m0/s1. The number of nitrogens with zero attached hydrogens (tertiary/aromatic N) is 5. The zero-order valence-corrected chi connectivity index (χ0v) is 15.2. The van der Waals surface area contributed by atoms with Crippen LogP contribution in [0.5, 0.6) is 11.6 Å². The summed E-state index contributed by atoms with van der Waals surface area (Å²) in [5.41, 5.74) is 0.835. The molecule has 8 nitrogen and oxygen atoms in total. The van der Waals surface area contributed by atoms with Gasteiger partial charge >= 0.3 is 0 Å². The van der Waals surface area contributed by atoms with Gasteiger partial charge in [-0.25, -0.2) is 18.4 Å². The van der Waals surface area contributed by atoms with E-state index in [2.05, 4.69) is 25.6 Å². The number of hydrogen-bond donors (Lipinski definition) is 2. The Balaban J connectivity index is 1.32. The Bertz CT molecular complexity index is 1030. The molecular weight excluding hydrogens is 382 g/mol. The predicted molar refractivity (Wildman–Crippen MR) is 97.9 cm³/mol. The summed E-state index contributed by atoms with van der Waals surface area (Å²) in [4.78, 5) is 4.18. The molecule has 5 rings (SSSR count). The van der Waals surface area contributed by atoms with E-state index >= 15 is 0 Å². The molecule has 2 aromatic heterocycles. The molecule has 2 fully saturated rings. The third-order valence-corrected chi connectivity index (χ3v) is 5.38. The lowest BCUT2D eigenvalue weighted by Crippen LogP contribution is -2.51. The van der Waals surface area contributed by atoms with Crippen LogP contribution in [0.4, 0.5) is 8.78 Å². The molecule has 0 amide bonds. The summed E-state index contributed by atoms with van der Waals surface area (Å²) in [5, 5.41) is 25.4. The molecule has 1 aromatic carbocycles. The number of ether oxygens (including phenoxy) is 1. The van der Waals surface area contributed by atoms with E-state index < -0.39 is 18.1 Å². The van der Waals surface area contributed by atoms with Crippen LogP contribution in [0.25, 0.3) is 17.1 Å². The van der Waals surface area contributed by atoms with E-state index in [0.717, 1.165) is 19.0 Å². The molecule has 0 aliphatic carbocycles. The SMILES string of the molecule is Oc1cc(-n2cc(F)cn2)ccc1-c1ncc(O[C@H]2CC3CCC(N3)[C@H]2F)nn1. The molecule has 0 spiro atoms. The predicted octanol–water partition coefficient (Wildman–Crippen LogP) is 2.18. The summed E-state index contributed by atoms with van der Waals surface area (Å²) in [6, 6.07) is 4.76. The number of aromatic nitrogens is 5. The molecule has 2 N–H and O–H groups in total. The molecule has 0 saturated carbocycles. The average Bonchev–Trinajstić information content (AvgIpc) is 3.33. The van der Waals surface area contributed by atoms with Crippen molar-refractivity contribution < 1.29 is 18.6 Å². The highest BCUT2D eigenvalue weighted by molar-refractivity contribution is 5.65. The monoisotopic (exact) mass is 400 g/mol. The van der Waals surface area contributed by atoms with Crippen molar-refractivity contribution >= 4 is 0 Å². The van der Waals surface area contributed by atoms with Gasteiger partial charge in [0, 0.05) is 24.6 Å². The number of piperidine rings is 1. The van der Waals surface area contributed by atoms with Crippen LogP contribution in [-0.4, -0.2) is 54.4 Å². The Morgan fingerprint density at radius 2 is 2.10 bits per heavy atom. The number of fused-ring (bicyclic) bond motifs is 2. The van der Waals surface area contributed by atoms with Crippen molar-refractivity contribution in [3.63, 3.8) is 0 Å². The Labute approximate surface area is 164 Å². The molecule has 4 heterocycles. The topological polar surface area (TPSA) is 98.0 Å². The maximum atomic E-state index is 14.5. The largest absolute Gasteiger partial charge is 0.507 e. The summed E-state index contributed by atoms with van der Waals surface area (Å²) >= 11 is 0. The van der Waals surface area contributed by atoms with Crippen molar-refractivity contribution in [1.82, 2.24) is 30.3 Å². The first-order valence-corrected chi connectivity index (χ1v) is 9.37. The van der Waals surface area contributed by atoms with E-state index in [9.17, 15) is 13.9 Å². The molecule has 2 aliphatic rings. The summed E-state index contributed by atoms with van der Waals surface area (Å²) in [7, 11) is 0. The number of nitrogens with one attached hydrogen (secondary N) is 1. The smallest absolute Gasteiger partial charge is 0.252 e. The minimum absolute atomic E-state index is 0.104. The maximum absolute atomic E-state index is 14.5. The maximum Gasteiger partial charge on any atom is 0.252 e. The average molecular weight is 400 g/mol. The third kappa shape index (κ3) is 3.39. The Morgan fingerprint density at radius 1 is 1.21 bits per heavy atom. The second-order valence-corrected chi connectivity index (χ2v) is 7.31. The van der Waals surface area contributed by atoms with Gasteiger partial charge < -0.3 is 15.2 Å². The number of hydrogen-bond acceptors (Lipinski definition) is 7. The van der Waals surface area contributed by atoms with Gasteiger partial charge in [-0.3, -0.25) is 0 Å². The van der Waals surface area contributed by atoms with E-state index in [0.29, 0.717) is 17.7 Å². The number of phenols is 1. The van der Waals surface area contributed by atoms with Crippen LogP contribution in [-0.2, 0) is 0 Å². The van der Waals surface area contributed by atoms with Gasteiger partial charge in [0.05, 0.1) is 29.8 Å². The zero-order valence-electron chi connectivity index (χ0n) is 15.2. The summed E-state index contributed by atoms with van der Waals surface area (Å²) in [6.45, 7) is 0. The van der Waals surface area contributed by atoms with Crippen LogP contribution < -0.4 is 10.1 Å². The van der Waals surface area contributed by atoms with Crippen molar-refractivity contribution in [2.75, 3.05) is 0 Å². The van der Waals surface area contributed by atoms with Crippen LogP contribution >= 0.6 is 0 Å². The molecule has 2 aliphatic heterocycles. The molecule has 2 bridgehead atoms. The van der Waals surface area contributed by atoms with Gasteiger partial charge in [0.15, 0.2) is 17.8 Å². The van der Waals surface area contributed by atoms with Crippen molar-refractivity contribution in [3.05, 3.63) is 42.6 Å². The minimum atomic E-state index is -1.10. The molecule has 10 heteroatoms. The van der Waals surface area contributed by atoms with E-state index in [1.54, 1.807) is 12.1 Å². The summed E-state index contributed by atoms with van der Waals surface area (Å²) < 4.78 is 34.6. The Morgan fingerprint density at radius 3 is 2.83 bits per heavy atom. The first-order valence-electron chi connectivity index (χ1n) is 9.37. The molecule has 0 radical (unpaired) electrons. The van der Waals surface area contributed by atoms with Gasteiger partial charge in [0.2, 0.25) is 0 Å². The number of benzene rings is 1. The number of phenolic OH excluding ortho intramolecular Hbond substituents is 1. The van der Waals surface area contributed by atoms with Crippen LogP contribution in [0, 0.1) is 5.82 Å². The highest BCUT2D eigenvalue weighted by Crippen LogP contribution is 2.32. The summed E-state index contributed by atoms with van der Waals surface area (Å²) in [6.07, 6.45) is 4.32. The van der Waals surface area contributed by atoms with Crippen molar-refractivity contribution in [1.29, 1.82) is 0 Å². The molecule has 150 valence electrons. The van der Waals surface area contributed by atoms with Gasteiger partial charge in [-0.2, -0.15) is 5.10 Å². The molecular formula is C19H18F2N6O2. The van der Waals surface area contributed by atoms with Crippen molar-refractivity contribution in [2.45, 2.75) is 43.6 Å². The van der Waals surface area contributed by atoms with E-state index in [4.69, 9.17) is 4.74 Å². The Kier molecular flexibility index (Phi) is 4.35. The van der Waals surface area contributed by atoms with Gasteiger partial charge in [-0.15, -0.1) is 10.2 Å². The second-order valence-electron chi connectivity index (χ2n) is 7.31. The fourth-order valence-corrected chi connectivity index (χ4v) is 3.96. The third-order valence-electron chi connectivity index (χ3n) is 5.38. The van der Waals surface area contributed by atoms with Gasteiger partial charge in [-0.05, 0) is 25.0 Å². The van der Waals surface area contributed by atoms with Gasteiger partial charge in [-0.1, -0.05) is 0 Å². The van der Waals surface area contributed by atoms with E-state index in [-0.39, 0.29) is 29.5 Å². The molecule has 3 aromatic rings. The summed E-state index contributed by atoms with van der Waals surface area (Å²) in [5.74, 6) is -0.248. The number of halogens is 2. The van der Waals surface area contributed by atoms with E-state index in [1.165, 1.54) is 23.1 Å². The van der Waals surface area contributed by atoms with Crippen molar-refractivity contribution in [3.8, 4) is 28.7 Å². The zero-order chi connectivity index (χ0) is 20.0. The van der Waals surface area contributed by atoms with Gasteiger partial charge in [0.1, 0.15) is 11.9 Å². The fraction of sp³-hybridized carbons (Fsp3) is 0.368. The highest BCUT2D eigenvalue weighted by atomic mass is 19.1. The quantitative estimate of drug-likeness (QED) is 0.693.